The normalized spacial score (nSPS) is 23.7. The summed E-state index contributed by atoms with van der Waals surface area (Å²) in [6.45, 7) is 9.81. The van der Waals surface area contributed by atoms with Gasteiger partial charge < -0.3 is 10.2 Å². The predicted octanol–water partition coefficient (Wildman–Crippen LogP) is 3.68. The molecule has 1 aliphatic heterocycles. The SMILES string of the molecule is CCNCc1cc(Cl)ccc1N1CC(C)CC1C. The van der Waals surface area contributed by atoms with E-state index in [0.717, 1.165) is 30.6 Å². The van der Waals surface area contributed by atoms with E-state index >= 15 is 0 Å². The van der Waals surface area contributed by atoms with Gasteiger partial charge in [0, 0.05) is 29.8 Å². The molecule has 2 rings (SSSR count). The third-order valence-corrected chi connectivity index (χ3v) is 3.94. The molecule has 0 amide bonds. The maximum absolute atomic E-state index is 6.12. The van der Waals surface area contributed by atoms with Crippen molar-refractivity contribution in [1.82, 2.24) is 5.32 Å². The monoisotopic (exact) mass is 266 g/mol. The molecule has 0 radical (unpaired) electrons. The molecule has 0 aromatic heterocycles. The number of rotatable bonds is 4. The number of benzene rings is 1. The molecule has 1 N–H and O–H groups in total. The Hall–Kier alpha value is -0.730. The molecule has 1 heterocycles. The minimum Gasteiger partial charge on any atom is -0.368 e. The lowest BCUT2D eigenvalue weighted by molar-refractivity contribution is 0.625. The van der Waals surface area contributed by atoms with Gasteiger partial charge in [-0.3, -0.25) is 0 Å². The predicted molar refractivity (Wildman–Crippen MR) is 79.4 cm³/mol. The van der Waals surface area contributed by atoms with E-state index in [2.05, 4.69) is 43.1 Å². The first-order chi connectivity index (χ1) is 8.61. The molecule has 0 spiro atoms. The van der Waals surface area contributed by atoms with Crippen LogP contribution in [0.4, 0.5) is 5.69 Å². The van der Waals surface area contributed by atoms with Gasteiger partial charge in [0.1, 0.15) is 0 Å². The van der Waals surface area contributed by atoms with Crippen LogP contribution in [0.5, 0.6) is 0 Å². The van der Waals surface area contributed by atoms with E-state index < -0.39 is 0 Å². The van der Waals surface area contributed by atoms with E-state index in [0.29, 0.717) is 6.04 Å². The van der Waals surface area contributed by atoms with Crippen molar-refractivity contribution < 1.29 is 0 Å². The van der Waals surface area contributed by atoms with Gasteiger partial charge in [0.05, 0.1) is 0 Å². The number of anilines is 1. The number of nitrogens with one attached hydrogen (secondary N) is 1. The summed E-state index contributed by atoms with van der Waals surface area (Å²) in [5.74, 6) is 0.780. The number of hydrogen-bond acceptors (Lipinski definition) is 2. The maximum atomic E-state index is 6.12. The quantitative estimate of drug-likeness (QED) is 0.894. The third kappa shape index (κ3) is 2.99. The van der Waals surface area contributed by atoms with Crippen LogP contribution >= 0.6 is 11.6 Å². The molecule has 0 saturated carbocycles. The zero-order valence-electron chi connectivity index (χ0n) is 11.5. The van der Waals surface area contributed by atoms with Gasteiger partial charge in [0.2, 0.25) is 0 Å². The molecular formula is C15H23ClN2. The summed E-state index contributed by atoms with van der Waals surface area (Å²) >= 11 is 6.12. The molecule has 2 unspecified atom stereocenters. The average Bonchev–Trinajstić information content (AvgIpc) is 2.66. The molecule has 18 heavy (non-hydrogen) atoms. The van der Waals surface area contributed by atoms with Gasteiger partial charge in [-0.2, -0.15) is 0 Å². The van der Waals surface area contributed by atoms with E-state index in [1.807, 2.05) is 6.07 Å². The van der Waals surface area contributed by atoms with Crippen molar-refractivity contribution in [2.24, 2.45) is 5.92 Å². The second kappa shape index (κ2) is 5.94. The van der Waals surface area contributed by atoms with E-state index in [4.69, 9.17) is 11.6 Å². The van der Waals surface area contributed by atoms with Crippen LogP contribution in [0.2, 0.25) is 5.02 Å². The fourth-order valence-corrected chi connectivity index (χ4v) is 3.07. The first kappa shape index (κ1) is 13.7. The summed E-state index contributed by atoms with van der Waals surface area (Å²) in [4.78, 5) is 2.52. The average molecular weight is 267 g/mol. The van der Waals surface area contributed by atoms with Crippen LogP contribution in [0.3, 0.4) is 0 Å². The fraction of sp³-hybridized carbons (Fsp3) is 0.600. The van der Waals surface area contributed by atoms with Crippen molar-refractivity contribution in [3.8, 4) is 0 Å². The van der Waals surface area contributed by atoms with Crippen LogP contribution < -0.4 is 10.2 Å². The van der Waals surface area contributed by atoms with Crippen molar-refractivity contribution >= 4 is 17.3 Å². The molecule has 1 saturated heterocycles. The van der Waals surface area contributed by atoms with Gasteiger partial charge in [-0.15, -0.1) is 0 Å². The van der Waals surface area contributed by atoms with Gasteiger partial charge in [-0.05, 0) is 49.6 Å². The second-order valence-corrected chi connectivity index (χ2v) is 5.83. The van der Waals surface area contributed by atoms with E-state index in [1.165, 1.54) is 17.7 Å². The van der Waals surface area contributed by atoms with Crippen molar-refractivity contribution in [3.63, 3.8) is 0 Å². The lowest BCUT2D eigenvalue weighted by atomic mass is 10.1. The Bertz CT molecular complexity index is 405. The van der Waals surface area contributed by atoms with Crippen molar-refractivity contribution in [3.05, 3.63) is 28.8 Å². The van der Waals surface area contributed by atoms with Gasteiger partial charge in [0.15, 0.2) is 0 Å². The van der Waals surface area contributed by atoms with E-state index in [1.54, 1.807) is 0 Å². The standard InChI is InChI=1S/C15H23ClN2/c1-4-17-9-13-8-14(16)5-6-15(13)18-10-11(2)7-12(18)3/h5-6,8,11-12,17H,4,7,9-10H2,1-3H3. The number of hydrogen-bond donors (Lipinski definition) is 1. The highest BCUT2D eigenvalue weighted by Crippen LogP contribution is 2.32. The van der Waals surface area contributed by atoms with Crippen LogP contribution in [0, 0.1) is 5.92 Å². The highest BCUT2D eigenvalue weighted by molar-refractivity contribution is 6.30. The number of nitrogens with zero attached hydrogens (tertiary/aromatic N) is 1. The zero-order valence-corrected chi connectivity index (χ0v) is 12.3. The Balaban J connectivity index is 2.25. The summed E-state index contributed by atoms with van der Waals surface area (Å²) in [6.07, 6.45) is 1.28. The molecular weight excluding hydrogens is 244 g/mol. The Labute approximate surface area is 115 Å². The third-order valence-electron chi connectivity index (χ3n) is 3.70. The van der Waals surface area contributed by atoms with Crippen molar-refractivity contribution in [1.29, 1.82) is 0 Å². The lowest BCUT2D eigenvalue weighted by Gasteiger charge is -2.27. The van der Waals surface area contributed by atoms with Crippen molar-refractivity contribution in [2.45, 2.75) is 39.8 Å². The maximum Gasteiger partial charge on any atom is 0.0415 e. The Morgan fingerprint density at radius 1 is 1.39 bits per heavy atom. The molecule has 0 aliphatic carbocycles. The largest absolute Gasteiger partial charge is 0.368 e. The first-order valence-corrected chi connectivity index (χ1v) is 7.25. The molecule has 1 aliphatic rings. The van der Waals surface area contributed by atoms with Crippen LogP contribution in [0.15, 0.2) is 18.2 Å². The molecule has 3 heteroatoms. The fourth-order valence-electron chi connectivity index (χ4n) is 2.87. The summed E-state index contributed by atoms with van der Waals surface area (Å²) < 4.78 is 0. The summed E-state index contributed by atoms with van der Waals surface area (Å²) in [6, 6.07) is 6.89. The molecule has 1 aromatic rings. The van der Waals surface area contributed by atoms with Gasteiger partial charge >= 0.3 is 0 Å². The Morgan fingerprint density at radius 3 is 2.78 bits per heavy atom. The zero-order chi connectivity index (χ0) is 13.1. The van der Waals surface area contributed by atoms with Gasteiger partial charge in [-0.25, -0.2) is 0 Å². The van der Waals surface area contributed by atoms with Gasteiger partial charge in [0.25, 0.3) is 0 Å². The van der Waals surface area contributed by atoms with Crippen LogP contribution in [0.1, 0.15) is 32.8 Å². The topological polar surface area (TPSA) is 15.3 Å². The highest BCUT2D eigenvalue weighted by atomic mass is 35.5. The minimum atomic E-state index is 0.626. The van der Waals surface area contributed by atoms with Crippen LogP contribution in [-0.2, 0) is 6.54 Å². The summed E-state index contributed by atoms with van der Waals surface area (Å²) in [5, 5.41) is 4.22. The second-order valence-electron chi connectivity index (χ2n) is 5.40. The summed E-state index contributed by atoms with van der Waals surface area (Å²) in [7, 11) is 0. The molecule has 2 nitrogen and oxygen atoms in total. The Kier molecular flexibility index (Phi) is 4.52. The van der Waals surface area contributed by atoms with Crippen LogP contribution in [0.25, 0.3) is 0 Å². The molecule has 1 fully saturated rings. The lowest BCUT2D eigenvalue weighted by Crippen LogP contribution is -2.28. The molecule has 100 valence electrons. The number of halogens is 1. The molecule has 1 aromatic carbocycles. The van der Waals surface area contributed by atoms with Gasteiger partial charge in [-0.1, -0.05) is 25.4 Å². The molecule has 2 atom stereocenters. The molecule has 0 bridgehead atoms. The van der Waals surface area contributed by atoms with E-state index in [9.17, 15) is 0 Å². The minimum absolute atomic E-state index is 0.626. The smallest absolute Gasteiger partial charge is 0.0415 e. The first-order valence-electron chi connectivity index (χ1n) is 6.87. The van der Waals surface area contributed by atoms with Crippen LogP contribution in [-0.4, -0.2) is 19.1 Å². The Morgan fingerprint density at radius 2 is 2.17 bits per heavy atom. The van der Waals surface area contributed by atoms with Crippen molar-refractivity contribution in [2.75, 3.05) is 18.0 Å². The summed E-state index contributed by atoms with van der Waals surface area (Å²) in [5.41, 5.74) is 2.66. The van der Waals surface area contributed by atoms with E-state index in [-0.39, 0.29) is 0 Å². The highest BCUT2D eigenvalue weighted by Gasteiger charge is 2.27.